The van der Waals surface area contributed by atoms with Crippen LogP contribution in [0.15, 0.2) is 0 Å². The van der Waals surface area contributed by atoms with E-state index in [-0.39, 0.29) is 11.9 Å². The Balaban J connectivity index is 2.22. The summed E-state index contributed by atoms with van der Waals surface area (Å²) in [5, 5.41) is 3.33. The SMILES string of the molecule is COCC(C)N(C)C(=O)CNC1CCCC1. The maximum atomic E-state index is 11.8. The summed E-state index contributed by atoms with van der Waals surface area (Å²) in [7, 11) is 3.49. The standard InChI is InChI=1S/C12H24N2O2/c1-10(9-16-3)14(2)12(15)8-13-11-6-4-5-7-11/h10-11,13H,4-9H2,1-3H3. The number of carbonyl (C=O) groups is 1. The van der Waals surface area contributed by atoms with E-state index in [2.05, 4.69) is 5.32 Å². The van der Waals surface area contributed by atoms with Crippen LogP contribution in [0.5, 0.6) is 0 Å². The van der Waals surface area contributed by atoms with Crippen molar-refractivity contribution in [2.24, 2.45) is 0 Å². The molecular weight excluding hydrogens is 204 g/mol. The molecule has 0 aromatic carbocycles. The molecule has 16 heavy (non-hydrogen) atoms. The Morgan fingerprint density at radius 2 is 2.12 bits per heavy atom. The molecule has 1 rings (SSSR count). The molecule has 1 aliphatic rings. The Morgan fingerprint density at radius 3 is 2.69 bits per heavy atom. The second-order valence-electron chi connectivity index (χ2n) is 4.67. The van der Waals surface area contributed by atoms with Crippen molar-refractivity contribution >= 4 is 5.91 Å². The number of hydrogen-bond acceptors (Lipinski definition) is 3. The lowest BCUT2D eigenvalue weighted by Crippen LogP contribution is -2.44. The molecule has 4 nitrogen and oxygen atoms in total. The van der Waals surface area contributed by atoms with Gasteiger partial charge in [0.05, 0.1) is 19.2 Å². The third kappa shape index (κ3) is 4.10. The molecule has 1 N–H and O–H groups in total. The first kappa shape index (κ1) is 13.5. The number of amides is 1. The minimum atomic E-state index is 0.142. The highest BCUT2D eigenvalue weighted by atomic mass is 16.5. The van der Waals surface area contributed by atoms with Crippen molar-refractivity contribution in [3.63, 3.8) is 0 Å². The fraction of sp³-hybridized carbons (Fsp3) is 0.917. The molecule has 1 aliphatic carbocycles. The maximum absolute atomic E-state index is 11.8. The van der Waals surface area contributed by atoms with Gasteiger partial charge in [-0.1, -0.05) is 12.8 Å². The Bertz CT molecular complexity index is 215. The Hall–Kier alpha value is -0.610. The van der Waals surface area contributed by atoms with Crippen molar-refractivity contribution in [3.8, 4) is 0 Å². The van der Waals surface area contributed by atoms with E-state index < -0.39 is 0 Å². The van der Waals surface area contributed by atoms with E-state index in [4.69, 9.17) is 4.74 Å². The number of likely N-dealkylation sites (N-methyl/N-ethyl adjacent to an activating group) is 1. The molecule has 1 amide bonds. The summed E-state index contributed by atoms with van der Waals surface area (Å²) < 4.78 is 5.04. The quantitative estimate of drug-likeness (QED) is 0.738. The van der Waals surface area contributed by atoms with Gasteiger partial charge >= 0.3 is 0 Å². The van der Waals surface area contributed by atoms with Gasteiger partial charge in [0.15, 0.2) is 0 Å². The van der Waals surface area contributed by atoms with E-state index in [0.717, 1.165) is 0 Å². The van der Waals surface area contributed by atoms with Gasteiger partial charge in [0.1, 0.15) is 0 Å². The van der Waals surface area contributed by atoms with Crippen molar-refractivity contribution in [2.45, 2.75) is 44.7 Å². The van der Waals surface area contributed by atoms with E-state index in [0.29, 0.717) is 19.2 Å². The van der Waals surface area contributed by atoms with E-state index in [1.54, 1.807) is 12.0 Å². The van der Waals surface area contributed by atoms with Crippen LogP contribution in [0.4, 0.5) is 0 Å². The summed E-state index contributed by atoms with van der Waals surface area (Å²) in [5.41, 5.74) is 0. The molecule has 0 aromatic rings. The van der Waals surface area contributed by atoms with Crippen LogP contribution in [-0.2, 0) is 9.53 Å². The summed E-state index contributed by atoms with van der Waals surface area (Å²) in [4.78, 5) is 13.6. The van der Waals surface area contributed by atoms with Crippen LogP contribution >= 0.6 is 0 Å². The van der Waals surface area contributed by atoms with Gasteiger partial charge in [-0.05, 0) is 19.8 Å². The number of ether oxygens (including phenoxy) is 1. The average molecular weight is 228 g/mol. The van der Waals surface area contributed by atoms with Gasteiger partial charge < -0.3 is 15.0 Å². The molecule has 4 heteroatoms. The van der Waals surface area contributed by atoms with Crippen LogP contribution in [0, 0.1) is 0 Å². The summed E-state index contributed by atoms with van der Waals surface area (Å²) in [6, 6.07) is 0.693. The molecular formula is C12H24N2O2. The first-order valence-corrected chi connectivity index (χ1v) is 6.13. The smallest absolute Gasteiger partial charge is 0.236 e. The third-order valence-electron chi connectivity index (χ3n) is 3.36. The highest BCUT2D eigenvalue weighted by Crippen LogP contribution is 2.17. The zero-order valence-electron chi connectivity index (χ0n) is 10.7. The number of methoxy groups -OCH3 is 1. The lowest BCUT2D eigenvalue weighted by atomic mass is 10.2. The van der Waals surface area contributed by atoms with Crippen LogP contribution in [0.2, 0.25) is 0 Å². The third-order valence-corrected chi connectivity index (χ3v) is 3.36. The molecule has 94 valence electrons. The highest BCUT2D eigenvalue weighted by molar-refractivity contribution is 5.78. The van der Waals surface area contributed by atoms with Gasteiger partial charge in [0.2, 0.25) is 5.91 Å². The molecule has 0 aliphatic heterocycles. The normalized spacial score (nSPS) is 18.7. The summed E-state index contributed by atoms with van der Waals surface area (Å²) in [6.07, 6.45) is 5.01. The van der Waals surface area contributed by atoms with Crippen molar-refractivity contribution in [1.29, 1.82) is 0 Å². The van der Waals surface area contributed by atoms with Gasteiger partial charge in [-0.25, -0.2) is 0 Å². The molecule has 0 bridgehead atoms. The van der Waals surface area contributed by atoms with E-state index in [1.807, 2.05) is 14.0 Å². The number of nitrogens with zero attached hydrogens (tertiary/aromatic N) is 1. The minimum Gasteiger partial charge on any atom is -0.383 e. The lowest BCUT2D eigenvalue weighted by molar-refractivity contribution is -0.131. The van der Waals surface area contributed by atoms with Crippen molar-refractivity contribution in [3.05, 3.63) is 0 Å². The van der Waals surface area contributed by atoms with Crippen LogP contribution in [-0.4, -0.2) is 50.2 Å². The number of hydrogen-bond donors (Lipinski definition) is 1. The Kier molecular flexibility index (Phi) is 5.77. The predicted molar refractivity (Wildman–Crippen MR) is 64.4 cm³/mol. The zero-order valence-corrected chi connectivity index (χ0v) is 10.7. The molecule has 0 saturated heterocycles. The number of rotatable bonds is 6. The zero-order chi connectivity index (χ0) is 12.0. The molecule has 0 radical (unpaired) electrons. The molecule has 1 saturated carbocycles. The average Bonchev–Trinajstić information content (AvgIpc) is 2.78. The molecule has 0 spiro atoms. The topological polar surface area (TPSA) is 41.6 Å². The van der Waals surface area contributed by atoms with Gasteiger partial charge in [-0.3, -0.25) is 4.79 Å². The number of nitrogens with one attached hydrogen (secondary N) is 1. The summed E-state index contributed by atoms with van der Waals surface area (Å²) in [5.74, 6) is 0.149. The van der Waals surface area contributed by atoms with Gasteiger partial charge in [-0.15, -0.1) is 0 Å². The Morgan fingerprint density at radius 1 is 1.50 bits per heavy atom. The fourth-order valence-electron chi connectivity index (χ4n) is 2.09. The first-order valence-electron chi connectivity index (χ1n) is 6.13. The fourth-order valence-corrected chi connectivity index (χ4v) is 2.09. The van der Waals surface area contributed by atoms with Crippen LogP contribution in [0.25, 0.3) is 0 Å². The van der Waals surface area contributed by atoms with Crippen LogP contribution < -0.4 is 5.32 Å². The van der Waals surface area contributed by atoms with Gasteiger partial charge in [0, 0.05) is 20.2 Å². The van der Waals surface area contributed by atoms with Crippen molar-refractivity contribution < 1.29 is 9.53 Å². The van der Waals surface area contributed by atoms with Gasteiger partial charge in [0.25, 0.3) is 0 Å². The molecule has 1 unspecified atom stereocenters. The predicted octanol–water partition coefficient (Wildman–Crippen LogP) is 1.01. The van der Waals surface area contributed by atoms with E-state index in [1.165, 1.54) is 25.7 Å². The monoisotopic (exact) mass is 228 g/mol. The highest BCUT2D eigenvalue weighted by Gasteiger charge is 2.18. The second kappa shape index (κ2) is 6.86. The maximum Gasteiger partial charge on any atom is 0.236 e. The van der Waals surface area contributed by atoms with Crippen LogP contribution in [0.1, 0.15) is 32.6 Å². The molecule has 1 atom stereocenters. The number of carbonyl (C=O) groups excluding carboxylic acids is 1. The second-order valence-corrected chi connectivity index (χ2v) is 4.67. The molecule has 0 aromatic heterocycles. The van der Waals surface area contributed by atoms with Gasteiger partial charge in [-0.2, -0.15) is 0 Å². The largest absolute Gasteiger partial charge is 0.383 e. The molecule has 1 fully saturated rings. The van der Waals surface area contributed by atoms with Crippen molar-refractivity contribution in [1.82, 2.24) is 10.2 Å². The first-order chi connectivity index (χ1) is 7.65. The Labute approximate surface area is 98.3 Å². The van der Waals surface area contributed by atoms with Crippen molar-refractivity contribution in [2.75, 3.05) is 27.3 Å². The van der Waals surface area contributed by atoms with E-state index >= 15 is 0 Å². The summed E-state index contributed by atoms with van der Waals surface area (Å²) in [6.45, 7) is 3.04. The molecule has 0 heterocycles. The minimum absolute atomic E-state index is 0.142. The lowest BCUT2D eigenvalue weighted by Gasteiger charge is -2.25. The van der Waals surface area contributed by atoms with Crippen LogP contribution in [0.3, 0.4) is 0 Å². The van der Waals surface area contributed by atoms with E-state index in [9.17, 15) is 4.79 Å². The summed E-state index contributed by atoms with van der Waals surface area (Å²) >= 11 is 0.